The Bertz CT molecular complexity index is 620. The first-order valence-corrected chi connectivity index (χ1v) is 6.44. The average Bonchev–Trinajstić information content (AvgIpc) is 2.92. The molecule has 0 radical (unpaired) electrons. The Morgan fingerprint density at radius 3 is 3.00 bits per heavy atom. The Kier molecular flexibility index (Phi) is 2.93. The number of anilines is 1. The zero-order valence-electron chi connectivity index (χ0n) is 9.77. The summed E-state index contributed by atoms with van der Waals surface area (Å²) in [7, 11) is 0. The summed E-state index contributed by atoms with van der Waals surface area (Å²) in [6, 6.07) is 0. The van der Waals surface area contributed by atoms with Gasteiger partial charge in [-0.1, -0.05) is 0 Å². The predicted molar refractivity (Wildman–Crippen MR) is 69.2 cm³/mol. The normalized spacial score (nSPS) is 31.1. The number of ether oxygens (including phenoxy) is 1. The van der Waals surface area contributed by atoms with Crippen LogP contribution in [0.2, 0.25) is 0 Å². The Hall–Kier alpha value is -1.29. The number of aliphatic hydroxyl groups is 2. The monoisotopic (exact) mass is 329 g/mol. The molecule has 0 bridgehead atoms. The first kappa shape index (κ1) is 12.7. The van der Waals surface area contributed by atoms with Gasteiger partial charge in [-0.2, -0.15) is 0 Å². The number of rotatable bonds is 2. The van der Waals surface area contributed by atoms with E-state index in [2.05, 4.69) is 30.9 Å². The highest BCUT2D eigenvalue weighted by molar-refractivity contribution is 9.09. The molecule has 1 aliphatic heterocycles. The van der Waals surface area contributed by atoms with Crippen molar-refractivity contribution in [1.29, 1.82) is 0 Å². The van der Waals surface area contributed by atoms with E-state index in [-0.39, 0.29) is 18.8 Å². The Labute approximate surface area is 116 Å². The van der Waals surface area contributed by atoms with Crippen LogP contribution < -0.4 is 5.73 Å². The largest absolute Gasteiger partial charge is 0.394 e. The lowest BCUT2D eigenvalue weighted by molar-refractivity contribution is -0.0576. The molecule has 2 aromatic rings. The maximum absolute atomic E-state index is 9.84. The van der Waals surface area contributed by atoms with E-state index >= 15 is 0 Å². The first-order valence-electron chi connectivity index (χ1n) is 5.65. The SMILES string of the molecule is Nc1ncnc2c1ncn2[C@@]1(Br)C[C@H](O)[C@@H](CO)O1. The van der Waals surface area contributed by atoms with Gasteiger partial charge in [-0.3, -0.25) is 4.57 Å². The van der Waals surface area contributed by atoms with Crippen molar-refractivity contribution in [2.24, 2.45) is 0 Å². The molecule has 0 aliphatic carbocycles. The van der Waals surface area contributed by atoms with Crippen LogP contribution in [0.3, 0.4) is 0 Å². The van der Waals surface area contributed by atoms with Gasteiger partial charge in [0.1, 0.15) is 24.3 Å². The summed E-state index contributed by atoms with van der Waals surface area (Å²) < 4.78 is 6.26. The fourth-order valence-electron chi connectivity index (χ4n) is 2.16. The molecule has 19 heavy (non-hydrogen) atoms. The van der Waals surface area contributed by atoms with Crippen molar-refractivity contribution in [3.8, 4) is 0 Å². The highest BCUT2D eigenvalue weighted by atomic mass is 79.9. The van der Waals surface area contributed by atoms with Gasteiger partial charge in [0.25, 0.3) is 0 Å². The number of aromatic nitrogens is 4. The number of fused-ring (bicyclic) bond motifs is 1. The van der Waals surface area contributed by atoms with Crippen LogP contribution in [0.4, 0.5) is 5.82 Å². The predicted octanol–water partition coefficient (Wildman–Crippen LogP) is -0.444. The number of alkyl halides is 1. The van der Waals surface area contributed by atoms with Crippen LogP contribution >= 0.6 is 15.9 Å². The Morgan fingerprint density at radius 2 is 2.32 bits per heavy atom. The summed E-state index contributed by atoms with van der Waals surface area (Å²) in [5.41, 5.74) is 6.68. The van der Waals surface area contributed by atoms with Crippen molar-refractivity contribution in [3.05, 3.63) is 12.7 Å². The fraction of sp³-hybridized carbons (Fsp3) is 0.500. The van der Waals surface area contributed by atoms with Crippen molar-refractivity contribution in [3.63, 3.8) is 0 Å². The Balaban J connectivity index is 2.08. The van der Waals surface area contributed by atoms with Gasteiger partial charge in [0.2, 0.25) is 4.63 Å². The van der Waals surface area contributed by atoms with Crippen LogP contribution in [0, 0.1) is 0 Å². The summed E-state index contributed by atoms with van der Waals surface area (Å²) >= 11 is 3.43. The number of aliphatic hydroxyl groups excluding tert-OH is 2. The van der Waals surface area contributed by atoms with Crippen LogP contribution in [-0.4, -0.2) is 48.5 Å². The molecule has 0 unspecified atom stereocenters. The molecule has 102 valence electrons. The molecular formula is C10H12BrN5O3. The molecular weight excluding hydrogens is 318 g/mol. The summed E-state index contributed by atoms with van der Waals surface area (Å²) in [6.07, 6.45) is 1.67. The molecule has 1 fully saturated rings. The maximum Gasteiger partial charge on any atom is 0.207 e. The van der Waals surface area contributed by atoms with Crippen LogP contribution in [0.25, 0.3) is 11.2 Å². The topological polar surface area (TPSA) is 119 Å². The molecule has 0 aromatic carbocycles. The fourth-order valence-corrected chi connectivity index (χ4v) is 2.99. The third-order valence-electron chi connectivity index (χ3n) is 3.12. The van der Waals surface area contributed by atoms with Gasteiger partial charge in [-0.15, -0.1) is 0 Å². The molecule has 2 aromatic heterocycles. The van der Waals surface area contributed by atoms with Crippen molar-refractivity contribution in [2.75, 3.05) is 12.3 Å². The van der Waals surface area contributed by atoms with E-state index in [0.29, 0.717) is 11.2 Å². The third kappa shape index (κ3) is 1.89. The number of hydrogen-bond donors (Lipinski definition) is 3. The van der Waals surface area contributed by atoms with Crippen LogP contribution in [0.1, 0.15) is 6.42 Å². The number of hydrogen-bond acceptors (Lipinski definition) is 7. The van der Waals surface area contributed by atoms with E-state index in [1.165, 1.54) is 12.7 Å². The summed E-state index contributed by atoms with van der Waals surface area (Å²) in [4.78, 5) is 12.1. The second kappa shape index (κ2) is 4.37. The van der Waals surface area contributed by atoms with Gasteiger partial charge in [0.15, 0.2) is 11.5 Å². The highest BCUT2D eigenvalue weighted by Crippen LogP contribution is 2.41. The van der Waals surface area contributed by atoms with Crippen LogP contribution in [0.5, 0.6) is 0 Å². The molecule has 1 saturated heterocycles. The lowest BCUT2D eigenvalue weighted by atomic mass is 10.2. The zero-order valence-corrected chi connectivity index (χ0v) is 11.4. The van der Waals surface area contributed by atoms with E-state index in [1.54, 1.807) is 4.57 Å². The molecule has 3 atom stereocenters. The smallest absolute Gasteiger partial charge is 0.207 e. The second-order valence-corrected chi connectivity index (χ2v) is 5.58. The van der Waals surface area contributed by atoms with E-state index in [9.17, 15) is 5.11 Å². The summed E-state index contributed by atoms with van der Waals surface area (Å²) in [5, 5.41) is 19.0. The average molecular weight is 330 g/mol. The maximum atomic E-state index is 9.84. The Morgan fingerprint density at radius 1 is 1.53 bits per heavy atom. The van der Waals surface area contributed by atoms with Crippen molar-refractivity contribution in [2.45, 2.75) is 23.3 Å². The number of nitrogens with zero attached hydrogens (tertiary/aromatic N) is 4. The number of nitrogens with two attached hydrogens (primary N) is 1. The van der Waals surface area contributed by atoms with Crippen molar-refractivity contribution < 1.29 is 14.9 Å². The van der Waals surface area contributed by atoms with E-state index in [4.69, 9.17) is 15.6 Å². The van der Waals surface area contributed by atoms with E-state index in [0.717, 1.165) is 0 Å². The van der Waals surface area contributed by atoms with Gasteiger partial charge in [-0.25, -0.2) is 15.0 Å². The lowest BCUT2D eigenvalue weighted by Crippen LogP contribution is -2.28. The van der Waals surface area contributed by atoms with Gasteiger partial charge >= 0.3 is 0 Å². The molecule has 0 saturated carbocycles. The quantitative estimate of drug-likeness (QED) is 0.638. The summed E-state index contributed by atoms with van der Waals surface area (Å²) in [5.74, 6) is 0.275. The van der Waals surface area contributed by atoms with Crippen LogP contribution in [0.15, 0.2) is 12.7 Å². The van der Waals surface area contributed by atoms with Crippen LogP contribution in [-0.2, 0) is 9.37 Å². The number of imidazole rings is 1. The van der Waals surface area contributed by atoms with E-state index < -0.39 is 16.8 Å². The van der Waals surface area contributed by atoms with Crippen molar-refractivity contribution in [1.82, 2.24) is 19.5 Å². The first-order chi connectivity index (χ1) is 9.05. The molecule has 8 nitrogen and oxygen atoms in total. The minimum atomic E-state index is -1.00. The minimum absolute atomic E-state index is 0.258. The standard InChI is InChI=1S/C10H12BrN5O3/c11-10(1-5(18)6(2-17)19-10)16-4-15-7-8(12)13-3-14-9(7)16/h3-6,17-18H,1-2H2,(H2,12,13,14)/t5-,6+,10-/m0/s1. The lowest BCUT2D eigenvalue weighted by Gasteiger charge is -2.23. The molecule has 4 N–H and O–H groups in total. The minimum Gasteiger partial charge on any atom is -0.394 e. The number of nitrogen functional groups attached to an aromatic ring is 1. The number of halogens is 1. The van der Waals surface area contributed by atoms with Gasteiger partial charge < -0.3 is 20.7 Å². The zero-order chi connectivity index (χ0) is 13.6. The van der Waals surface area contributed by atoms with Gasteiger partial charge in [-0.05, 0) is 15.9 Å². The molecule has 9 heteroatoms. The van der Waals surface area contributed by atoms with Gasteiger partial charge in [0, 0.05) is 6.42 Å². The van der Waals surface area contributed by atoms with Crippen molar-refractivity contribution >= 4 is 32.9 Å². The second-order valence-electron chi connectivity index (χ2n) is 4.35. The van der Waals surface area contributed by atoms with Gasteiger partial charge in [0.05, 0.1) is 12.7 Å². The van der Waals surface area contributed by atoms with E-state index in [1.807, 2.05) is 0 Å². The summed E-state index contributed by atoms with van der Waals surface area (Å²) in [6.45, 7) is -0.266. The molecule has 3 rings (SSSR count). The third-order valence-corrected chi connectivity index (χ3v) is 4.02. The molecule has 1 aliphatic rings. The molecule has 3 heterocycles. The highest BCUT2D eigenvalue weighted by Gasteiger charge is 2.46. The molecule has 0 amide bonds. The molecule has 0 spiro atoms.